The number of rotatable bonds is 2. The van der Waals surface area contributed by atoms with E-state index in [2.05, 4.69) is 25.9 Å². The van der Waals surface area contributed by atoms with Gasteiger partial charge >= 0.3 is 0 Å². The number of amides is 1. The molecule has 1 N–H and O–H groups in total. The molecule has 1 fully saturated rings. The molecule has 1 aliphatic rings. The molecule has 1 unspecified atom stereocenters. The molecule has 17 heavy (non-hydrogen) atoms. The predicted molar refractivity (Wildman–Crippen MR) is 68.8 cm³/mol. The number of carbonyl (C=O) groups excluding carboxylic acids is 1. The lowest BCUT2D eigenvalue weighted by Crippen LogP contribution is -2.25. The average molecular weight is 294 g/mol. The van der Waals surface area contributed by atoms with Crippen molar-refractivity contribution in [1.82, 2.24) is 14.9 Å². The van der Waals surface area contributed by atoms with E-state index in [1.807, 2.05) is 29.2 Å². The van der Waals surface area contributed by atoms with Gasteiger partial charge in [0.2, 0.25) is 5.91 Å². The molecule has 1 atom stereocenters. The monoisotopic (exact) mass is 293 g/mol. The van der Waals surface area contributed by atoms with Crippen LogP contribution in [0.4, 0.5) is 0 Å². The lowest BCUT2D eigenvalue weighted by molar-refractivity contribution is -0.128. The molecular formula is C12H12BrN3O. The minimum absolute atomic E-state index is 0.187. The summed E-state index contributed by atoms with van der Waals surface area (Å²) in [5.74, 6) is 1.04. The molecule has 0 radical (unpaired) electrons. The predicted octanol–water partition coefficient (Wildman–Crippen LogP) is 2.06. The maximum atomic E-state index is 11.7. The number of halogens is 1. The highest BCUT2D eigenvalue weighted by molar-refractivity contribution is 9.09. The Hall–Kier alpha value is -1.36. The van der Waals surface area contributed by atoms with E-state index in [1.165, 1.54) is 0 Å². The van der Waals surface area contributed by atoms with E-state index >= 15 is 0 Å². The van der Waals surface area contributed by atoms with Crippen LogP contribution in [0.5, 0.6) is 0 Å². The molecule has 1 aliphatic heterocycles. The summed E-state index contributed by atoms with van der Waals surface area (Å²) < 4.78 is 0. The normalized spacial score (nSPS) is 20.4. The largest absolute Gasteiger partial charge is 0.340 e. The number of nitrogens with zero attached hydrogens (tertiary/aromatic N) is 2. The van der Waals surface area contributed by atoms with Gasteiger partial charge in [-0.3, -0.25) is 4.79 Å². The van der Waals surface area contributed by atoms with E-state index in [9.17, 15) is 4.79 Å². The second kappa shape index (κ2) is 4.14. The molecule has 0 bridgehead atoms. The highest BCUT2D eigenvalue weighted by atomic mass is 79.9. The van der Waals surface area contributed by atoms with E-state index in [1.54, 1.807) is 0 Å². The van der Waals surface area contributed by atoms with Crippen molar-refractivity contribution in [3.63, 3.8) is 0 Å². The van der Waals surface area contributed by atoms with E-state index in [0.717, 1.165) is 23.4 Å². The topological polar surface area (TPSA) is 49.0 Å². The lowest BCUT2D eigenvalue weighted by Gasteiger charge is -2.13. The number of hydrogen-bond acceptors (Lipinski definition) is 2. The van der Waals surface area contributed by atoms with Gasteiger partial charge in [-0.15, -0.1) is 0 Å². The van der Waals surface area contributed by atoms with Gasteiger partial charge in [0.15, 0.2) is 0 Å². The molecule has 0 spiro atoms. The van der Waals surface area contributed by atoms with E-state index in [0.29, 0.717) is 13.0 Å². The first-order valence-electron chi connectivity index (χ1n) is 5.58. The smallest absolute Gasteiger partial charge is 0.224 e. The molecular weight excluding hydrogens is 282 g/mol. The van der Waals surface area contributed by atoms with Crippen LogP contribution in [0, 0.1) is 0 Å². The fourth-order valence-electron chi connectivity index (χ4n) is 2.14. The quantitative estimate of drug-likeness (QED) is 0.862. The highest BCUT2D eigenvalue weighted by Gasteiger charge is 2.28. The molecule has 5 heteroatoms. The van der Waals surface area contributed by atoms with E-state index in [-0.39, 0.29) is 10.7 Å². The van der Waals surface area contributed by atoms with E-state index in [4.69, 9.17) is 0 Å². The number of fused-ring (bicyclic) bond motifs is 1. The van der Waals surface area contributed by atoms with Gasteiger partial charge in [-0.25, -0.2) is 4.98 Å². The Kier molecular flexibility index (Phi) is 2.63. The van der Waals surface area contributed by atoms with Crippen LogP contribution in [0.2, 0.25) is 0 Å². The van der Waals surface area contributed by atoms with Gasteiger partial charge < -0.3 is 9.88 Å². The number of para-hydroxylation sites is 2. The third kappa shape index (κ3) is 2.07. The molecule has 0 aliphatic carbocycles. The Bertz CT molecular complexity index is 533. The van der Waals surface area contributed by atoms with Crippen LogP contribution in [0.15, 0.2) is 24.3 Å². The maximum Gasteiger partial charge on any atom is 0.224 e. The Morgan fingerprint density at radius 2 is 2.29 bits per heavy atom. The van der Waals surface area contributed by atoms with Gasteiger partial charge in [0.25, 0.3) is 0 Å². The number of aromatic amines is 1. The average Bonchev–Trinajstić information content (AvgIpc) is 2.82. The van der Waals surface area contributed by atoms with Crippen molar-refractivity contribution in [1.29, 1.82) is 0 Å². The number of carbonyl (C=O) groups is 1. The van der Waals surface area contributed by atoms with Gasteiger partial charge in [-0.1, -0.05) is 28.1 Å². The Labute approximate surface area is 107 Å². The maximum absolute atomic E-state index is 11.7. The summed E-state index contributed by atoms with van der Waals surface area (Å²) in [4.78, 5) is 21.5. The minimum Gasteiger partial charge on any atom is -0.340 e. The third-order valence-corrected chi connectivity index (χ3v) is 3.56. The van der Waals surface area contributed by atoms with Crippen LogP contribution >= 0.6 is 15.9 Å². The second-order valence-electron chi connectivity index (χ2n) is 4.28. The van der Waals surface area contributed by atoms with Crippen molar-refractivity contribution in [2.24, 2.45) is 0 Å². The molecule has 2 aromatic rings. The first kappa shape index (κ1) is 10.8. The van der Waals surface area contributed by atoms with Gasteiger partial charge in [-0.05, 0) is 12.1 Å². The summed E-state index contributed by atoms with van der Waals surface area (Å²) in [7, 11) is 0. The van der Waals surface area contributed by atoms with Gasteiger partial charge in [0, 0.05) is 17.8 Å². The first-order chi connectivity index (χ1) is 8.22. The van der Waals surface area contributed by atoms with Gasteiger partial charge in [0.05, 0.1) is 17.6 Å². The fraction of sp³-hybridized carbons (Fsp3) is 0.333. The minimum atomic E-state index is 0.187. The Balaban J connectivity index is 1.83. The standard InChI is InChI=1S/C12H12BrN3O/c13-8-5-12(17)16(6-8)7-11-14-9-3-1-2-4-10(9)15-11/h1-4,8H,5-7H2,(H,14,15). The number of aromatic nitrogens is 2. The van der Waals surface area contributed by atoms with Gasteiger partial charge in [0.1, 0.15) is 5.82 Å². The molecule has 2 heterocycles. The zero-order valence-electron chi connectivity index (χ0n) is 9.19. The van der Waals surface area contributed by atoms with Crippen LogP contribution in [0.25, 0.3) is 11.0 Å². The summed E-state index contributed by atoms with van der Waals surface area (Å²) in [5, 5.41) is 0. The van der Waals surface area contributed by atoms with Crippen LogP contribution in [0.3, 0.4) is 0 Å². The summed E-state index contributed by atoms with van der Waals surface area (Å²) in [6.45, 7) is 1.32. The summed E-state index contributed by atoms with van der Waals surface area (Å²) in [5.41, 5.74) is 1.97. The number of H-pyrrole nitrogens is 1. The molecule has 1 aromatic heterocycles. The first-order valence-corrected chi connectivity index (χ1v) is 6.49. The summed E-state index contributed by atoms with van der Waals surface area (Å²) >= 11 is 3.47. The molecule has 4 nitrogen and oxygen atoms in total. The molecule has 88 valence electrons. The zero-order chi connectivity index (χ0) is 11.8. The number of alkyl halides is 1. The van der Waals surface area contributed by atoms with Crippen molar-refractivity contribution in [3.05, 3.63) is 30.1 Å². The molecule has 1 aromatic carbocycles. The van der Waals surface area contributed by atoms with Crippen molar-refractivity contribution >= 4 is 32.9 Å². The highest BCUT2D eigenvalue weighted by Crippen LogP contribution is 2.20. The molecule has 3 rings (SSSR count). The van der Waals surface area contributed by atoms with E-state index < -0.39 is 0 Å². The van der Waals surface area contributed by atoms with Crippen LogP contribution < -0.4 is 0 Å². The number of imidazole rings is 1. The number of benzene rings is 1. The summed E-state index contributed by atoms with van der Waals surface area (Å²) in [6, 6.07) is 7.89. The SMILES string of the molecule is O=C1CC(Br)CN1Cc1nc2ccccc2[nH]1. The van der Waals surface area contributed by atoms with Crippen molar-refractivity contribution in [3.8, 4) is 0 Å². The Morgan fingerprint density at radius 3 is 3.00 bits per heavy atom. The van der Waals surface area contributed by atoms with Gasteiger partial charge in [-0.2, -0.15) is 0 Å². The molecule has 1 amide bonds. The van der Waals surface area contributed by atoms with Crippen LogP contribution in [0.1, 0.15) is 12.2 Å². The zero-order valence-corrected chi connectivity index (χ0v) is 10.8. The van der Waals surface area contributed by atoms with Crippen molar-refractivity contribution in [2.75, 3.05) is 6.54 Å². The lowest BCUT2D eigenvalue weighted by atomic mass is 10.3. The van der Waals surface area contributed by atoms with Crippen LogP contribution in [-0.4, -0.2) is 32.1 Å². The number of hydrogen-bond donors (Lipinski definition) is 1. The molecule has 0 saturated carbocycles. The van der Waals surface area contributed by atoms with Crippen LogP contribution in [-0.2, 0) is 11.3 Å². The van der Waals surface area contributed by atoms with Crippen molar-refractivity contribution in [2.45, 2.75) is 17.8 Å². The number of likely N-dealkylation sites (tertiary alicyclic amines) is 1. The third-order valence-electron chi connectivity index (χ3n) is 2.95. The fourth-order valence-corrected chi connectivity index (χ4v) is 2.76. The second-order valence-corrected chi connectivity index (χ2v) is 5.57. The van der Waals surface area contributed by atoms with Crippen molar-refractivity contribution < 1.29 is 4.79 Å². The molecule has 1 saturated heterocycles. The summed E-state index contributed by atoms with van der Waals surface area (Å²) in [6.07, 6.45) is 0.584. The number of nitrogens with one attached hydrogen (secondary N) is 1. The Morgan fingerprint density at radius 1 is 1.47 bits per heavy atom.